The molecule has 1 heterocycles. The van der Waals surface area contributed by atoms with Crippen molar-refractivity contribution in [1.82, 2.24) is 10.6 Å². The first-order chi connectivity index (χ1) is 11.2. The molecule has 3 rings (SSSR count). The van der Waals surface area contributed by atoms with Crippen molar-refractivity contribution in [3.63, 3.8) is 0 Å². The number of halogens is 2. The Balaban J connectivity index is 0.00000208. The van der Waals surface area contributed by atoms with Gasteiger partial charge in [0, 0.05) is 19.6 Å². The first kappa shape index (κ1) is 18.2. The fourth-order valence-electron chi connectivity index (χ4n) is 2.30. The molecular formula is C18H20ClFN2O2. The average Bonchev–Trinajstić information content (AvgIpc) is 2.50. The van der Waals surface area contributed by atoms with Crippen LogP contribution in [0.1, 0.15) is 11.1 Å². The highest BCUT2D eigenvalue weighted by Crippen LogP contribution is 2.15. The molecule has 1 fully saturated rings. The van der Waals surface area contributed by atoms with Crippen molar-refractivity contribution in [2.45, 2.75) is 13.2 Å². The van der Waals surface area contributed by atoms with Crippen molar-refractivity contribution >= 4 is 18.3 Å². The molecule has 2 aromatic carbocycles. The minimum Gasteiger partial charge on any atom is -0.489 e. The Morgan fingerprint density at radius 1 is 1.17 bits per heavy atom. The lowest BCUT2D eigenvalue weighted by atomic mass is 10.0. The minimum atomic E-state index is -0.265. The monoisotopic (exact) mass is 350 g/mol. The summed E-state index contributed by atoms with van der Waals surface area (Å²) in [6.07, 6.45) is 0. The number of nitrogens with one attached hydrogen (secondary N) is 2. The second kappa shape index (κ2) is 8.66. The second-order valence-corrected chi connectivity index (χ2v) is 5.64. The fraction of sp³-hybridized carbons (Fsp3) is 0.278. The van der Waals surface area contributed by atoms with Crippen LogP contribution in [0.4, 0.5) is 4.39 Å². The standard InChI is InChI=1S/C18H19FN2O2.ClH/c19-16-3-1-2-14(8-16)12-23-17-6-4-13(5-7-17)9-21-18(22)15-10-20-11-15;/h1-8,15,20H,9-12H2,(H,21,22);1H. The summed E-state index contributed by atoms with van der Waals surface area (Å²) in [6, 6.07) is 13.9. The smallest absolute Gasteiger partial charge is 0.225 e. The molecule has 2 N–H and O–H groups in total. The predicted octanol–water partition coefficient (Wildman–Crippen LogP) is 2.66. The van der Waals surface area contributed by atoms with Crippen molar-refractivity contribution in [3.8, 4) is 5.75 Å². The quantitative estimate of drug-likeness (QED) is 0.842. The Hall–Kier alpha value is -2.11. The number of carbonyl (C=O) groups excluding carboxylic acids is 1. The van der Waals surface area contributed by atoms with Crippen molar-refractivity contribution < 1.29 is 13.9 Å². The van der Waals surface area contributed by atoms with Crippen LogP contribution >= 0.6 is 12.4 Å². The summed E-state index contributed by atoms with van der Waals surface area (Å²) in [4.78, 5) is 11.7. The van der Waals surface area contributed by atoms with E-state index < -0.39 is 0 Å². The van der Waals surface area contributed by atoms with Gasteiger partial charge in [0.2, 0.25) is 5.91 Å². The van der Waals surface area contributed by atoms with Crippen LogP contribution in [0.25, 0.3) is 0 Å². The highest BCUT2D eigenvalue weighted by Gasteiger charge is 2.24. The lowest BCUT2D eigenvalue weighted by Crippen LogP contribution is -2.50. The first-order valence-corrected chi connectivity index (χ1v) is 7.65. The van der Waals surface area contributed by atoms with E-state index in [4.69, 9.17) is 4.74 Å². The van der Waals surface area contributed by atoms with Crippen molar-refractivity contribution in [2.75, 3.05) is 13.1 Å². The number of hydrogen-bond donors (Lipinski definition) is 2. The predicted molar refractivity (Wildman–Crippen MR) is 92.6 cm³/mol. The van der Waals surface area contributed by atoms with Gasteiger partial charge in [0.25, 0.3) is 0 Å². The average molecular weight is 351 g/mol. The van der Waals surface area contributed by atoms with E-state index in [0.717, 1.165) is 24.2 Å². The van der Waals surface area contributed by atoms with Gasteiger partial charge in [-0.15, -0.1) is 12.4 Å². The number of hydrogen-bond acceptors (Lipinski definition) is 3. The number of benzene rings is 2. The zero-order valence-electron chi connectivity index (χ0n) is 13.1. The van der Waals surface area contributed by atoms with Crippen molar-refractivity contribution in [3.05, 3.63) is 65.5 Å². The van der Waals surface area contributed by atoms with Crippen LogP contribution in [-0.4, -0.2) is 19.0 Å². The van der Waals surface area contributed by atoms with Crippen molar-refractivity contribution in [1.29, 1.82) is 0 Å². The molecule has 1 amide bonds. The van der Waals surface area contributed by atoms with Gasteiger partial charge in [-0.2, -0.15) is 0 Å². The van der Waals surface area contributed by atoms with Crippen LogP contribution in [0.5, 0.6) is 5.75 Å². The SMILES string of the molecule is Cl.O=C(NCc1ccc(OCc2cccc(F)c2)cc1)C1CNC1. The molecule has 1 saturated heterocycles. The maximum absolute atomic E-state index is 13.1. The Bertz CT molecular complexity index is 675. The molecule has 0 radical (unpaired) electrons. The molecule has 128 valence electrons. The Morgan fingerprint density at radius 3 is 2.54 bits per heavy atom. The summed E-state index contributed by atoms with van der Waals surface area (Å²) >= 11 is 0. The van der Waals surface area contributed by atoms with E-state index in [9.17, 15) is 9.18 Å². The van der Waals surface area contributed by atoms with Gasteiger partial charge in [-0.1, -0.05) is 24.3 Å². The molecule has 24 heavy (non-hydrogen) atoms. The maximum Gasteiger partial charge on any atom is 0.225 e. The summed E-state index contributed by atoms with van der Waals surface area (Å²) in [7, 11) is 0. The lowest BCUT2D eigenvalue weighted by molar-refractivity contribution is -0.126. The number of amides is 1. The molecular weight excluding hydrogens is 331 g/mol. The first-order valence-electron chi connectivity index (χ1n) is 7.65. The maximum atomic E-state index is 13.1. The van der Waals surface area contributed by atoms with Crippen LogP contribution in [0.3, 0.4) is 0 Å². The molecule has 1 aliphatic heterocycles. The topological polar surface area (TPSA) is 50.4 Å². The van der Waals surface area contributed by atoms with Crippen LogP contribution in [-0.2, 0) is 17.9 Å². The summed E-state index contributed by atoms with van der Waals surface area (Å²) in [5.41, 5.74) is 1.80. The highest BCUT2D eigenvalue weighted by atomic mass is 35.5. The zero-order chi connectivity index (χ0) is 16.1. The molecule has 0 spiro atoms. The molecule has 2 aromatic rings. The van der Waals surface area contributed by atoms with Crippen LogP contribution in [0.2, 0.25) is 0 Å². The summed E-state index contributed by atoms with van der Waals surface area (Å²) in [6.45, 7) is 2.36. The normalized spacial score (nSPS) is 13.5. The van der Waals surface area contributed by atoms with E-state index in [1.807, 2.05) is 30.3 Å². The lowest BCUT2D eigenvalue weighted by Gasteiger charge is -2.25. The molecule has 0 unspecified atom stereocenters. The van der Waals surface area contributed by atoms with E-state index in [2.05, 4.69) is 10.6 Å². The van der Waals surface area contributed by atoms with E-state index in [1.165, 1.54) is 12.1 Å². The zero-order valence-corrected chi connectivity index (χ0v) is 13.9. The largest absolute Gasteiger partial charge is 0.489 e. The van der Waals surface area contributed by atoms with Gasteiger partial charge in [0.1, 0.15) is 18.2 Å². The minimum absolute atomic E-state index is 0. The Kier molecular flexibility index (Phi) is 6.58. The third kappa shape index (κ3) is 4.94. The highest BCUT2D eigenvalue weighted by molar-refractivity contribution is 5.85. The van der Waals surface area contributed by atoms with Gasteiger partial charge in [-0.25, -0.2) is 4.39 Å². The second-order valence-electron chi connectivity index (χ2n) is 5.64. The van der Waals surface area contributed by atoms with Gasteiger partial charge in [-0.3, -0.25) is 4.79 Å². The molecule has 4 nitrogen and oxygen atoms in total. The van der Waals surface area contributed by atoms with Gasteiger partial charge in [0.05, 0.1) is 5.92 Å². The van der Waals surface area contributed by atoms with E-state index in [-0.39, 0.29) is 30.0 Å². The van der Waals surface area contributed by atoms with Crippen LogP contribution < -0.4 is 15.4 Å². The Labute approximate surface area is 146 Å². The number of rotatable bonds is 6. The fourth-order valence-corrected chi connectivity index (χ4v) is 2.30. The van der Waals surface area contributed by atoms with Crippen LogP contribution in [0, 0.1) is 11.7 Å². The molecule has 0 bridgehead atoms. The van der Waals surface area contributed by atoms with E-state index >= 15 is 0 Å². The summed E-state index contributed by atoms with van der Waals surface area (Å²) in [5.74, 6) is 0.644. The number of carbonyl (C=O) groups is 1. The van der Waals surface area contributed by atoms with Gasteiger partial charge >= 0.3 is 0 Å². The molecule has 0 saturated carbocycles. The van der Waals surface area contributed by atoms with Crippen molar-refractivity contribution in [2.24, 2.45) is 5.92 Å². The summed E-state index contributed by atoms with van der Waals surface area (Å²) in [5, 5.41) is 6.00. The molecule has 1 aliphatic rings. The summed E-state index contributed by atoms with van der Waals surface area (Å²) < 4.78 is 18.7. The number of ether oxygens (including phenoxy) is 1. The molecule has 6 heteroatoms. The molecule has 0 aromatic heterocycles. The van der Waals surface area contributed by atoms with E-state index in [1.54, 1.807) is 6.07 Å². The van der Waals surface area contributed by atoms with Gasteiger partial charge in [0.15, 0.2) is 0 Å². The third-order valence-electron chi connectivity index (χ3n) is 3.84. The van der Waals surface area contributed by atoms with Crippen LogP contribution in [0.15, 0.2) is 48.5 Å². The molecule has 0 atom stereocenters. The van der Waals surface area contributed by atoms with E-state index in [0.29, 0.717) is 18.9 Å². The molecule has 0 aliphatic carbocycles. The Morgan fingerprint density at radius 2 is 1.92 bits per heavy atom. The van der Waals surface area contributed by atoms with Gasteiger partial charge < -0.3 is 15.4 Å². The van der Waals surface area contributed by atoms with Gasteiger partial charge in [-0.05, 0) is 35.4 Å². The third-order valence-corrected chi connectivity index (χ3v) is 3.84.